The molecule has 1 aromatic rings. The third-order valence-electron chi connectivity index (χ3n) is 4.07. The Kier molecular flexibility index (Phi) is 4.90. The van der Waals surface area contributed by atoms with Gasteiger partial charge in [-0.15, -0.1) is 0 Å². The van der Waals surface area contributed by atoms with Crippen LogP contribution in [0.5, 0.6) is 0 Å². The SMILES string of the molecule is COC(=O)C1CCCCN1Cc1cccc([N+](=O)[O-])c1C. The van der Waals surface area contributed by atoms with Crippen molar-refractivity contribution in [2.24, 2.45) is 0 Å². The molecule has 0 aliphatic carbocycles. The number of carbonyl (C=O) groups excluding carboxylic acids is 1. The van der Waals surface area contributed by atoms with Gasteiger partial charge in [-0.25, -0.2) is 0 Å². The van der Waals surface area contributed by atoms with Crippen molar-refractivity contribution in [3.05, 3.63) is 39.4 Å². The predicted molar refractivity (Wildman–Crippen MR) is 77.9 cm³/mol. The van der Waals surface area contributed by atoms with E-state index in [1.165, 1.54) is 13.2 Å². The van der Waals surface area contributed by atoms with Gasteiger partial charge >= 0.3 is 5.97 Å². The average Bonchev–Trinajstić information content (AvgIpc) is 2.49. The van der Waals surface area contributed by atoms with Crippen LogP contribution in [-0.4, -0.2) is 35.5 Å². The molecule has 0 saturated carbocycles. The zero-order valence-electron chi connectivity index (χ0n) is 12.4. The van der Waals surface area contributed by atoms with Crippen molar-refractivity contribution in [1.29, 1.82) is 0 Å². The van der Waals surface area contributed by atoms with Gasteiger partial charge in [0, 0.05) is 18.2 Å². The van der Waals surface area contributed by atoms with E-state index < -0.39 is 0 Å². The zero-order chi connectivity index (χ0) is 15.4. The maximum absolute atomic E-state index is 11.9. The zero-order valence-corrected chi connectivity index (χ0v) is 12.4. The van der Waals surface area contributed by atoms with Gasteiger partial charge in [0.2, 0.25) is 0 Å². The predicted octanol–water partition coefficient (Wildman–Crippen LogP) is 2.43. The van der Waals surface area contributed by atoms with Gasteiger partial charge in [0.1, 0.15) is 6.04 Å². The number of nitro groups is 1. The molecule has 6 nitrogen and oxygen atoms in total. The monoisotopic (exact) mass is 292 g/mol. The van der Waals surface area contributed by atoms with Crippen molar-refractivity contribution in [3.63, 3.8) is 0 Å². The molecule has 0 spiro atoms. The van der Waals surface area contributed by atoms with Crippen LogP contribution in [0, 0.1) is 17.0 Å². The Labute approximate surface area is 123 Å². The molecular formula is C15H20N2O4. The first kappa shape index (κ1) is 15.4. The molecule has 1 heterocycles. The first-order valence-corrected chi connectivity index (χ1v) is 7.09. The molecule has 6 heteroatoms. The molecule has 1 aliphatic heterocycles. The van der Waals surface area contributed by atoms with Crippen LogP contribution in [0.4, 0.5) is 5.69 Å². The van der Waals surface area contributed by atoms with Gasteiger partial charge in [-0.2, -0.15) is 0 Å². The number of carbonyl (C=O) groups is 1. The molecule has 1 unspecified atom stereocenters. The number of piperidine rings is 1. The summed E-state index contributed by atoms with van der Waals surface area (Å²) in [6.07, 6.45) is 2.81. The fourth-order valence-corrected chi connectivity index (χ4v) is 2.84. The van der Waals surface area contributed by atoms with Crippen LogP contribution in [0.15, 0.2) is 18.2 Å². The van der Waals surface area contributed by atoms with Crippen LogP contribution in [0.1, 0.15) is 30.4 Å². The van der Waals surface area contributed by atoms with Crippen LogP contribution >= 0.6 is 0 Å². The second-order valence-corrected chi connectivity index (χ2v) is 5.32. The van der Waals surface area contributed by atoms with Gasteiger partial charge in [-0.05, 0) is 31.9 Å². The van der Waals surface area contributed by atoms with E-state index in [4.69, 9.17) is 4.74 Å². The summed E-state index contributed by atoms with van der Waals surface area (Å²) in [4.78, 5) is 24.5. The van der Waals surface area contributed by atoms with Gasteiger partial charge in [0.25, 0.3) is 5.69 Å². The maximum atomic E-state index is 11.9. The Balaban J connectivity index is 2.21. The highest BCUT2D eigenvalue weighted by molar-refractivity contribution is 5.75. The Morgan fingerprint density at radius 3 is 2.90 bits per heavy atom. The minimum absolute atomic E-state index is 0.124. The highest BCUT2D eigenvalue weighted by atomic mass is 16.6. The number of rotatable bonds is 4. The van der Waals surface area contributed by atoms with Crippen LogP contribution < -0.4 is 0 Å². The molecule has 0 aromatic heterocycles. The number of hydrogen-bond acceptors (Lipinski definition) is 5. The van der Waals surface area contributed by atoms with Crippen molar-refractivity contribution in [2.45, 2.75) is 38.8 Å². The Morgan fingerprint density at radius 2 is 2.24 bits per heavy atom. The second-order valence-electron chi connectivity index (χ2n) is 5.32. The number of methoxy groups -OCH3 is 1. The van der Waals surface area contributed by atoms with Crippen LogP contribution in [0.2, 0.25) is 0 Å². The summed E-state index contributed by atoms with van der Waals surface area (Å²) >= 11 is 0. The van der Waals surface area contributed by atoms with E-state index >= 15 is 0 Å². The van der Waals surface area contributed by atoms with E-state index in [1.54, 1.807) is 13.0 Å². The second kappa shape index (κ2) is 6.67. The lowest BCUT2D eigenvalue weighted by molar-refractivity contribution is -0.385. The van der Waals surface area contributed by atoms with Gasteiger partial charge in [-0.1, -0.05) is 18.6 Å². The molecule has 0 amide bonds. The van der Waals surface area contributed by atoms with Gasteiger partial charge in [-0.3, -0.25) is 19.8 Å². The standard InChI is InChI=1S/C15H20N2O4/c1-11-12(6-5-8-13(11)17(19)20)10-16-9-4-3-7-14(16)15(18)21-2/h5-6,8,14H,3-4,7,9-10H2,1-2H3. The normalized spacial score (nSPS) is 19.2. The topological polar surface area (TPSA) is 72.7 Å². The van der Waals surface area contributed by atoms with Crippen molar-refractivity contribution in [2.75, 3.05) is 13.7 Å². The first-order chi connectivity index (χ1) is 10.0. The van der Waals surface area contributed by atoms with Crippen molar-refractivity contribution in [3.8, 4) is 0 Å². The summed E-state index contributed by atoms with van der Waals surface area (Å²) < 4.78 is 4.86. The molecule has 21 heavy (non-hydrogen) atoms. The number of nitrogens with zero attached hydrogens (tertiary/aromatic N) is 2. The lowest BCUT2D eigenvalue weighted by Crippen LogP contribution is -2.44. The maximum Gasteiger partial charge on any atom is 0.323 e. The van der Waals surface area contributed by atoms with Crippen molar-refractivity contribution >= 4 is 11.7 Å². The quantitative estimate of drug-likeness (QED) is 0.484. The lowest BCUT2D eigenvalue weighted by atomic mass is 9.99. The number of hydrogen-bond donors (Lipinski definition) is 0. The van der Waals surface area contributed by atoms with Gasteiger partial charge in [0.05, 0.1) is 12.0 Å². The first-order valence-electron chi connectivity index (χ1n) is 7.09. The van der Waals surface area contributed by atoms with E-state index in [1.807, 2.05) is 6.07 Å². The Bertz CT molecular complexity index is 544. The van der Waals surface area contributed by atoms with Crippen LogP contribution in [0.25, 0.3) is 0 Å². The van der Waals surface area contributed by atoms with Crippen LogP contribution in [-0.2, 0) is 16.1 Å². The summed E-state index contributed by atoms with van der Waals surface area (Å²) in [7, 11) is 1.40. The summed E-state index contributed by atoms with van der Waals surface area (Å²) in [5.41, 5.74) is 1.68. The molecule has 0 N–H and O–H groups in total. The summed E-state index contributed by atoms with van der Waals surface area (Å²) in [6, 6.07) is 4.83. The third kappa shape index (κ3) is 3.39. The summed E-state index contributed by atoms with van der Waals surface area (Å²) in [6.45, 7) is 3.10. The smallest absolute Gasteiger partial charge is 0.323 e. The van der Waals surface area contributed by atoms with Gasteiger partial charge in [0.15, 0.2) is 0 Å². The average molecular weight is 292 g/mol. The molecule has 114 valence electrons. The molecule has 1 aromatic carbocycles. The van der Waals surface area contributed by atoms with E-state index in [-0.39, 0.29) is 22.6 Å². The number of esters is 1. The fourth-order valence-electron chi connectivity index (χ4n) is 2.84. The molecule has 1 atom stereocenters. The number of likely N-dealkylation sites (tertiary alicyclic amines) is 1. The van der Waals surface area contributed by atoms with E-state index in [0.717, 1.165) is 31.4 Å². The molecule has 0 radical (unpaired) electrons. The summed E-state index contributed by atoms with van der Waals surface area (Å²) in [5, 5.41) is 11.0. The Morgan fingerprint density at radius 1 is 1.48 bits per heavy atom. The van der Waals surface area contributed by atoms with E-state index in [2.05, 4.69) is 4.90 Å². The lowest BCUT2D eigenvalue weighted by Gasteiger charge is -2.33. The van der Waals surface area contributed by atoms with E-state index in [9.17, 15) is 14.9 Å². The van der Waals surface area contributed by atoms with Crippen LogP contribution in [0.3, 0.4) is 0 Å². The molecular weight excluding hydrogens is 272 g/mol. The highest BCUT2D eigenvalue weighted by Crippen LogP contribution is 2.25. The summed E-state index contributed by atoms with van der Waals surface area (Å²) in [5.74, 6) is -0.224. The van der Waals surface area contributed by atoms with Crippen molar-refractivity contribution < 1.29 is 14.5 Å². The molecule has 1 fully saturated rings. The largest absolute Gasteiger partial charge is 0.468 e. The third-order valence-corrected chi connectivity index (χ3v) is 4.07. The van der Waals surface area contributed by atoms with Gasteiger partial charge < -0.3 is 4.74 Å². The molecule has 1 saturated heterocycles. The fraction of sp³-hybridized carbons (Fsp3) is 0.533. The van der Waals surface area contributed by atoms with E-state index in [0.29, 0.717) is 12.1 Å². The molecule has 0 bridgehead atoms. The minimum Gasteiger partial charge on any atom is -0.468 e. The minimum atomic E-state index is -0.368. The number of ether oxygens (including phenoxy) is 1. The number of nitro benzene ring substituents is 1. The van der Waals surface area contributed by atoms with Crippen molar-refractivity contribution in [1.82, 2.24) is 4.90 Å². The molecule has 1 aliphatic rings. The Hall–Kier alpha value is -1.95. The molecule has 2 rings (SSSR count). The highest BCUT2D eigenvalue weighted by Gasteiger charge is 2.30. The number of benzene rings is 1.